The van der Waals surface area contributed by atoms with E-state index in [9.17, 15) is 4.79 Å². The lowest BCUT2D eigenvalue weighted by Gasteiger charge is -2.32. The molecule has 4 nitrogen and oxygen atoms in total. The van der Waals surface area contributed by atoms with E-state index in [1.54, 1.807) is 17.4 Å². The second kappa shape index (κ2) is 8.32. The van der Waals surface area contributed by atoms with E-state index in [0.717, 1.165) is 25.9 Å². The fraction of sp³-hybridized carbons (Fsp3) is 0.562. The number of piperidine rings is 1. The maximum absolute atomic E-state index is 12.5. The molecule has 2 rings (SSSR count). The zero-order valence-electron chi connectivity index (χ0n) is 12.8. The number of rotatable bonds is 7. The summed E-state index contributed by atoms with van der Waals surface area (Å²) in [6.45, 7) is 7.65. The molecule has 0 aromatic carbocycles. The Hall–Kier alpha value is -1.17. The predicted octanol–water partition coefficient (Wildman–Crippen LogP) is 1.95. The first kappa shape index (κ1) is 16.2. The lowest BCUT2D eigenvalue weighted by Crippen LogP contribution is -2.46. The van der Waals surface area contributed by atoms with Crippen molar-refractivity contribution < 1.29 is 4.79 Å². The van der Waals surface area contributed by atoms with Crippen molar-refractivity contribution in [3.63, 3.8) is 0 Å². The number of thiophene rings is 1. The van der Waals surface area contributed by atoms with Crippen LogP contribution in [0.3, 0.4) is 0 Å². The second-order valence-electron chi connectivity index (χ2n) is 5.54. The number of hydrogen-bond donors (Lipinski definition) is 1. The van der Waals surface area contributed by atoms with E-state index in [1.807, 2.05) is 16.3 Å². The summed E-state index contributed by atoms with van der Waals surface area (Å²) < 4.78 is 0. The smallest absolute Gasteiger partial charge is 0.237 e. The average molecular weight is 307 g/mol. The third kappa shape index (κ3) is 4.95. The summed E-state index contributed by atoms with van der Waals surface area (Å²) in [5.41, 5.74) is 0. The van der Waals surface area contributed by atoms with Crippen LogP contribution in [-0.2, 0) is 11.3 Å². The van der Waals surface area contributed by atoms with E-state index in [2.05, 4.69) is 29.9 Å². The van der Waals surface area contributed by atoms with Gasteiger partial charge in [0.1, 0.15) is 0 Å². The van der Waals surface area contributed by atoms with Crippen LogP contribution in [0.4, 0.5) is 0 Å². The zero-order chi connectivity index (χ0) is 15.1. The first-order valence-electron chi connectivity index (χ1n) is 7.52. The Morgan fingerprint density at radius 2 is 2.29 bits per heavy atom. The minimum absolute atomic E-state index is 0.185. The van der Waals surface area contributed by atoms with E-state index in [-0.39, 0.29) is 5.91 Å². The van der Waals surface area contributed by atoms with Gasteiger partial charge in [0.15, 0.2) is 0 Å². The number of amides is 1. The number of hydrogen-bond acceptors (Lipinski definition) is 4. The van der Waals surface area contributed by atoms with Crippen LogP contribution in [0, 0.1) is 0 Å². The first-order chi connectivity index (χ1) is 10.2. The Bertz CT molecular complexity index is 440. The average Bonchev–Trinajstić information content (AvgIpc) is 3.00. The van der Waals surface area contributed by atoms with Crippen molar-refractivity contribution in [1.82, 2.24) is 15.1 Å². The molecule has 2 heterocycles. The predicted molar refractivity (Wildman–Crippen MR) is 88.5 cm³/mol. The minimum Gasteiger partial charge on any atom is -0.333 e. The third-order valence-electron chi connectivity index (χ3n) is 3.95. The molecule has 0 spiro atoms. The van der Waals surface area contributed by atoms with Crippen molar-refractivity contribution in [1.29, 1.82) is 0 Å². The van der Waals surface area contributed by atoms with Crippen LogP contribution in [0.25, 0.3) is 0 Å². The summed E-state index contributed by atoms with van der Waals surface area (Å²) in [7, 11) is 2.06. The quantitative estimate of drug-likeness (QED) is 0.782. The van der Waals surface area contributed by atoms with E-state index < -0.39 is 0 Å². The Labute approximate surface area is 131 Å². The van der Waals surface area contributed by atoms with E-state index in [4.69, 9.17) is 0 Å². The van der Waals surface area contributed by atoms with Crippen LogP contribution in [0.1, 0.15) is 17.7 Å². The van der Waals surface area contributed by atoms with Crippen LogP contribution in [0.15, 0.2) is 30.2 Å². The van der Waals surface area contributed by atoms with Gasteiger partial charge >= 0.3 is 0 Å². The molecule has 0 aliphatic carbocycles. The molecule has 0 unspecified atom stereocenters. The highest BCUT2D eigenvalue weighted by Gasteiger charge is 2.22. The maximum atomic E-state index is 12.5. The van der Waals surface area contributed by atoms with Crippen molar-refractivity contribution >= 4 is 17.2 Å². The van der Waals surface area contributed by atoms with Gasteiger partial charge in [0.25, 0.3) is 0 Å². The fourth-order valence-electron chi connectivity index (χ4n) is 2.69. The maximum Gasteiger partial charge on any atom is 0.237 e. The molecule has 1 fully saturated rings. The van der Waals surface area contributed by atoms with Gasteiger partial charge in [-0.15, -0.1) is 17.9 Å². The van der Waals surface area contributed by atoms with Gasteiger partial charge in [-0.2, -0.15) is 0 Å². The van der Waals surface area contributed by atoms with Gasteiger partial charge in [-0.1, -0.05) is 12.1 Å². The van der Waals surface area contributed by atoms with Gasteiger partial charge in [0.05, 0.1) is 13.1 Å². The van der Waals surface area contributed by atoms with Crippen LogP contribution in [-0.4, -0.2) is 55.0 Å². The van der Waals surface area contributed by atoms with Crippen molar-refractivity contribution in [2.45, 2.75) is 25.4 Å². The zero-order valence-corrected chi connectivity index (χ0v) is 13.6. The summed E-state index contributed by atoms with van der Waals surface area (Å²) in [5.74, 6) is 0.185. The normalized spacial score (nSPS) is 16.1. The van der Waals surface area contributed by atoms with Gasteiger partial charge in [0, 0.05) is 17.5 Å². The molecule has 5 heteroatoms. The third-order valence-corrected chi connectivity index (χ3v) is 4.81. The number of carbonyl (C=O) groups excluding carboxylic acids is 1. The molecular formula is C16H25N3OS. The number of nitrogens with one attached hydrogen (secondary N) is 1. The van der Waals surface area contributed by atoms with E-state index >= 15 is 0 Å². The van der Waals surface area contributed by atoms with E-state index in [1.165, 1.54) is 4.88 Å². The number of nitrogens with zero attached hydrogens (tertiary/aromatic N) is 2. The van der Waals surface area contributed by atoms with E-state index in [0.29, 0.717) is 25.7 Å². The summed E-state index contributed by atoms with van der Waals surface area (Å²) in [6, 6.07) is 4.62. The number of likely N-dealkylation sites (N-methyl/N-ethyl adjacent to an activating group) is 1. The molecule has 21 heavy (non-hydrogen) atoms. The molecule has 0 saturated carbocycles. The number of carbonyl (C=O) groups is 1. The largest absolute Gasteiger partial charge is 0.333 e. The molecular weight excluding hydrogens is 282 g/mol. The molecule has 1 aromatic rings. The van der Waals surface area contributed by atoms with Crippen molar-refractivity contribution in [2.24, 2.45) is 0 Å². The van der Waals surface area contributed by atoms with Gasteiger partial charge in [-0.3, -0.25) is 9.69 Å². The molecule has 1 aliphatic rings. The van der Waals surface area contributed by atoms with Crippen molar-refractivity contribution in [2.75, 3.05) is 33.2 Å². The molecule has 1 aromatic heterocycles. The second-order valence-corrected chi connectivity index (χ2v) is 6.57. The van der Waals surface area contributed by atoms with Gasteiger partial charge in [-0.05, 0) is 44.4 Å². The van der Waals surface area contributed by atoms with Gasteiger partial charge in [0.2, 0.25) is 5.91 Å². The topological polar surface area (TPSA) is 35.6 Å². The standard InChI is InChI=1S/C16H25N3OS/c1-3-10-19(12-15-5-4-11-21-15)16(20)13-18(2)14-6-8-17-9-7-14/h3-5,11,14,17H,1,6-10,12-13H2,2H3. The van der Waals surface area contributed by atoms with Crippen molar-refractivity contribution in [3.8, 4) is 0 Å². The van der Waals surface area contributed by atoms with Crippen LogP contribution in [0.5, 0.6) is 0 Å². The molecule has 0 radical (unpaired) electrons. The van der Waals surface area contributed by atoms with Crippen molar-refractivity contribution in [3.05, 3.63) is 35.0 Å². The van der Waals surface area contributed by atoms with Gasteiger partial charge < -0.3 is 10.2 Å². The molecule has 1 N–H and O–H groups in total. The summed E-state index contributed by atoms with van der Waals surface area (Å²) in [5, 5.41) is 5.41. The summed E-state index contributed by atoms with van der Waals surface area (Å²) in [6.07, 6.45) is 4.04. The highest BCUT2D eigenvalue weighted by molar-refractivity contribution is 7.09. The molecule has 0 atom stereocenters. The SMILES string of the molecule is C=CCN(Cc1cccs1)C(=O)CN(C)C1CCNCC1. The minimum atomic E-state index is 0.185. The Morgan fingerprint density at radius 3 is 2.90 bits per heavy atom. The Kier molecular flexibility index (Phi) is 6.42. The first-order valence-corrected chi connectivity index (χ1v) is 8.40. The van der Waals surface area contributed by atoms with Gasteiger partial charge in [-0.25, -0.2) is 0 Å². The Morgan fingerprint density at radius 1 is 1.52 bits per heavy atom. The summed E-state index contributed by atoms with van der Waals surface area (Å²) in [4.78, 5) is 17.8. The molecule has 1 amide bonds. The molecule has 1 saturated heterocycles. The Balaban J connectivity index is 1.89. The highest BCUT2D eigenvalue weighted by Crippen LogP contribution is 2.14. The molecule has 116 valence electrons. The highest BCUT2D eigenvalue weighted by atomic mass is 32.1. The van der Waals surface area contributed by atoms with Crippen LogP contribution >= 0.6 is 11.3 Å². The fourth-order valence-corrected chi connectivity index (χ4v) is 3.41. The van der Waals surface area contributed by atoms with Crippen LogP contribution in [0.2, 0.25) is 0 Å². The molecule has 1 aliphatic heterocycles. The summed E-state index contributed by atoms with van der Waals surface area (Å²) >= 11 is 1.69. The lowest BCUT2D eigenvalue weighted by molar-refractivity contribution is -0.132. The monoisotopic (exact) mass is 307 g/mol. The lowest BCUT2D eigenvalue weighted by atomic mass is 10.1. The van der Waals surface area contributed by atoms with Crippen LogP contribution < -0.4 is 5.32 Å². The molecule has 0 bridgehead atoms.